The summed E-state index contributed by atoms with van der Waals surface area (Å²) in [4.78, 5) is 20.7. The van der Waals surface area contributed by atoms with E-state index in [9.17, 15) is 22.4 Å². The van der Waals surface area contributed by atoms with Gasteiger partial charge in [-0.2, -0.15) is 0 Å². The maximum atomic E-state index is 14.9. The molecule has 0 unspecified atom stereocenters. The summed E-state index contributed by atoms with van der Waals surface area (Å²) in [6.07, 6.45) is 0.734. The first-order valence-electron chi connectivity index (χ1n) is 9.92. The molecule has 2 aliphatic rings. The number of pyridine rings is 1. The molecule has 6 nitrogen and oxygen atoms in total. The van der Waals surface area contributed by atoms with Crippen molar-refractivity contribution >= 4 is 11.6 Å². The summed E-state index contributed by atoms with van der Waals surface area (Å²) in [6.45, 7) is -1.56. The van der Waals surface area contributed by atoms with Crippen molar-refractivity contribution in [3.8, 4) is 5.75 Å². The van der Waals surface area contributed by atoms with E-state index in [0.29, 0.717) is 5.75 Å². The number of fused-ring (bicyclic) bond motifs is 1. The van der Waals surface area contributed by atoms with E-state index < -0.39 is 47.1 Å². The highest BCUT2D eigenvalue weighted by atomic mass is 19.2. The second-order valence-electron chi connectivity index (χ2n) is 8.06. The third-order valence-corrected chi connectivity index (χ3v) is 6.05. The van der Waals surface area contributed by atoms with Crippen LogP contribution in [0.2, 0.25) is 0 Å². The SMILES string of the molecule is COc1ccc(C(=O)Cc2cc(F)c(F)c([C@]34COC[C@H]3C[C@@](F)(CF)C(N)=N4)c2)nc1. The van der Waals surface area contributed by atoms with Gasteiger partial charge >= 0.3 is 0 Å². The predicted molar refractivity (Wildman–Crippen MR) is 107 cm³/mol. The Bertz CT molecular complexity index is 1080. The Morgan fingerprint density at radius 1 is 1.34 bits per heavy atom. The molecule has 1 saturated heterocycles. The normalized spacial score (nSPS) is 27.0. The van der Waals surface area contributed by atoms with Gasteiger partial charge in [-0.05, 0) is 36.2 Å². The van der Waals surface area contributed by atoms with E-state index in [1.54, 1.807) is 6.07 Å². The standard InChI is InChI=1S/C22H21F4N3O3/c1-31-14-2-3-17(28-8-14)18(30)6-12-4-15(19(25)16(24)5-12)22-11-32-9-13(22)7-21(26,10-23)20(27)29-22/h2-5,8,13H,6-7,9-11H2,1H3,(H2,27,29)/t13-,21-,22+/m1/s1. The molecule has 170 valence electrons. The highest BCUT2D eigenvalue weighted by Crippen LogP contribution is 2.48. The van der Waals surface area contributed by atoms with Crippen LogP contribution in [0.4, 0.5) is 17.6 Å². The third kappa shape index (κ3) is 3.62. The summed E-state index contributed by atoms with van der Waals surface area (Å²) in [5.74, 6) is -3.71. The molecule has 2 N–H and O–H groups in total. The Morgan fingerprint density at radius 3 is 2.78 bits per heavy atom. The molecule has 0 aliphatic carbocycles. The molecule has 3 atom stereocenters. The number of aromatic nitrogens is 1. The number of hydrogen-bond acceptors (Lipinski definition) is 6. The Morgan fingerprint density at radius 2 is 2.12 bits per heavy atom. The Hall–Kier alpha value is -3.01. The third-order valence-electron chi connectivity index (χ3n) is 6.05. The number of aliphatic imine (C=N–C) groups is 1. The van der Waals surface area contributed by atoms with Gasteiger partial charge in [0.2, 0.25) is 0 Å². The fraction of sp³-hybridized carbons (Fsp3) is 0.409. The van der Waals surface area contributed by atoms with E-state index in [0.717, 1.165) is 6.07 Å². The van der Waals surface area contributed by atoms with Crippen LogP contribution in [-0.4, -0.2) is 49.3 Å². The number of carbonyl (C=O) groups excluding carboxylic acids is 1. The minimum Gasteiger partial charge on any atom is -0.495 e. The Labute approximate surface area is 181 Å². The quantitative estimate of drug-likeness (QED) is 0.539. The van der Waals surface area contributed by atoms with E-state index in [4.69, 9.17) is 15.2 Å². The summed E-state index contributed by atoms with van der Waals surface area (Å²) in [5, 5.41) is 0. The number of hydrogen-bond donors (Lipinski definition) is 1. The van der Waals surface area contributed by atoms with Crippen LogP contribution in [-0.2, 0) is 16.7 Å². The Kier molecular flexibility index (Phi) is 5.66. The molecule has 4 rings (SSSR count). The average Bonchev–Trinajstić information content (AvgIpc) is 3.19. The molecule has 1 aromatic carbocycles. The Balaban J connectivity index is 1.72. The number of carbonyl (C=O) groups is 1. The van der Waals surface area contributed by atoms with Crippen molar-refractivity contribution in [3.05, 3.63) is 58.9 Å². The van der Waals surface area contributed by atoms with Gasteiger partial charge in [-0.1, -0.05) is 0 Å². The number of methoxy groups -OCH3 is 1. The van der Waals surface area contributed by atoms with Gasteiger partial charge in [0.25, 0.3) is 0 Å². The van der Waals surface area contributed by atoms with Crippen LogP contribution in [0.25, 0.3) is 0 Å². The summed E-state index contributed by atoms with van der Waals surface area (Å²) in [7, 11) is 1.46. The monoisotopic (exact) mass is 451 g/mol. The number of ether oxygens (including phenoxy) is 2. The highest BCUT2D eigenvalue weighted by Gasteiger charge is 2.56. The zero-order valence-electron chi connectivity index (χ0n) is 17.2. The van der Waals surface area contributed by atoms with Crippen LogP contribution in [0, 0.1) is 17.6 Å². The van der Waals surface area contributed by atoms with Crippen LogP contribution >= 0.6 is 0 Å². The number of amidine groups is 1. The molecular weight excluding hydrogens is 430 g/mol. The summed E-state index contributed by atoms with van der Waals surface area (Å²) in [5.41, 5.74) is 1.82. The van der Waals surface area contributed by atoms with Crippen LogP contribution in [0.3, 0.4) is 0 Å². The van der Waals surface area contributed by atoms with Crippen molar-refractivity contribution in [3.63, 3.8) is 0 Å². The lowest BCUT2D eigenvalue weighted by molar-refractivity contribution is 0.0988. The molecule has 1 fully saturated rings. The largest absolute Gasteiger partial charge is 0.495 e. The van der Waals surface area contributed by atoms with Gasteiger partial charge in [0.1, 0.15) is 29.5 Å². The minimum absolute atomic E-state index is 0.0115. The molecule has 2 aromatic rings. The predicted octanol–water partition coefficient (Wildman–Crippen LogP) is 3.07. The molecule has 0 bridgehead atoms. The summed E-state index contributed by atoms with van der Waals surface area (Å²) >= 11 is 0. The first-order valence-corrected chi connectivity index (χ1v) is 9.92. The molecule has 0 amide bonds. The van der Waals surface area contributed by atoms with Crippen LogP contribution < -0.4 is 10.5 Å². The average molecular weight is 451 g/mol. The van der Waals surface area contributed by atoms with Gasteiger partial charge in [-0.15, -0.1) is 0 Å². The molecule has 10 heteroatoms. The van der Waals surface area contributed by atoms with E-state index in [1.807, 2.05) is 0 Å². The molecule has 32 heavy (non-hydrogen) atoms. The lowest BCUT2D eigenvalue weighted by Gasteiger charge is -2.40. The fourth-order valence-corrected chi connectivity index (χ4v) is 4.26. The van der Waals surface area contributed by atoms with Crippen molar-refractivity contribution in [1.82, 2.24) is 4.98 Å². The number of Topliss-reactive ketones (excluding diaryl/α,β-unsaturated/α-hetero) is 1. The van der Waals surface area contributed by atoms with Gasteiger partial charge in [-0.25, -0.2) is 22.5 Å². The van der Waals surface area contributed by atoms with Gasteiger partial charge < -0.3 is 15.2 Å². The molecule has 0 spiro atoms. The van der Waals surface area contributed by atoms with E-state index in [2.05, 4.69) is 9.98 Å². The smallest absolute Gasteiger partial charge is 0.195 e. The maximum Gasteiger partial charge on any atom is 0.195 e. The van der Waals surface area contributed by atoms with E-state index in [-0.39, 0.29) is 42.9 Å². The number of ketones is 1. The van der Waals surface area contributed by atoms with Crippen LogP contribution in [0.15, 0.2) is 35.5 Å². The number of rotatable bonds is 6. The second kappa shape index (κ2) is 8.16. The molecule has 1 aromatic heterocycles. The molecular formula is C22H21F4N3O3. The first-order chi connectivity index (χ1) is 15.2. The van der Waals surface area contributed by atoms with Crippen molar-refractivity contribution in [2.24, 2.45) is 16.6 Å². The lowest BCUT2D eigenvalue weighted by atomic mass is 9.72. The number of benzene rings is 1. The number of nitrogens with two attached hydrogens (primary N) is 1. The van der Waals surface area contributed by atoms with Gasteiger partial charge in [-0.3, -0.25) is 9.79 Å². The van der Waals surface area contributed by atoms with E-state index in [1.165, 1.54) is 25.4 Å². The lowest BCUT2D eigenvalue weighted by Crippen LogP contribution is -2.53. The van der Waals surface area contributed by atoms with Crippen molar-refractivity contribution in [2.45, 2.75) is 24.0 Å². The molecule has 0 radical (unpaired) electrons. The minimum atomic E-state index is -2.48. The van der Waals surface area contributed by atoms with Gasteiger partial charge in [0, 0.05) is 17.9 Å². The fourth-order valence-electron chi connectivity index (χ4n) is 4.26. The molecule has 2 aliphatic heterocycles. The zero-order valence-corrected chi connectivity index (χ0v) is 17.2. The first kappa shape index (κ1) is 22.2. The van der Waals surface area contributed by atoms with Crippen LogP contribution in [0.1, 0.15) is 28.0 Å². The van der Waals surface area contributed by atoms with Gasteiger partial charge in [0.15, 0.2) is 23.1 Å². The van der Waals surface area contributed by atoms with Crippen molar-refractivity contribution in [2.75, 3.05) is 27.0 Å². The maximum absolute atomic E-state index is 14.9. The second-order valence-corrected chi connectivity index (χ2v) is 8.06. The van der Waals surface area contributed by atoms with Crippen molar-refractivity contribution < 1.29 is 31.8 Å². The number of nitrogens with zero attached hydrogens (tertiary/aromatic N) is 2. The summed E-state index contributed by atoms with van der Waals surface area (Å²) < 4.78 is 68.0. The zero-order chi connectivity index (χ0) is 23.1. The molecule has 0 saturated carbocycles. The number of alkyl halides is 2. The highest BCUT2D eigenvalue weighted by molar-refractivity contribution is 5.95. The van der Waals surface area contributed by atoms with Crippen LogP contribution in [0.5, 0.6) is 5.75 Å². The van der Waals surface area contributed by atoms with E-state index >= 15 is 0 Å². The summed E-state index contributed by atoms with van der Waals surface area (Å²) in [6, 6.07) is 5.24. The van der Waals surface area contributed by atoms with Gasteiger partial charge in [0.05, 0.1) is 26.5 Å². The van der Waals surface area contributed by atoms with Crippen molar-refractivity contribution in [1.29, 1.82) is 0 Å². The number of halogens is 4. The topological polar surface area (TPSA) is 86.8 Å². The molecule has 3 heterocycles.